The highest BCUT2D eigenvalue weighted by Gasteiger charge is 2.46. The van der Waals surface area contributed by atoms with E-state index in [2.05, 4.69) is 30.7 Å². The number of carbonyl (C=O) groups is 1. The molecular weight excluding hydrogens is 204 g/mol. The summed E-state index contributed by atoms with van der Waals surface area (Å²) in [6.45, 7) is 6.25. The van der Waals surface area contributed by atoms with Gasteiger partial charge in [-0.15, -0.1) is 0 Å². The van der Waals surface area contributed by atoms with Gasteiger partial charge in [0.25, 0.3) is 0 Å². The molecule has 1 aromatic heterocycles. The second-order valence-corrected chi connectivity index (χ2v) is 5.34. The molecule has 0 amide bonds. The molecule has 1 heterocycles. The van der Waals surface area contributed by atoms with E-state index >= 15 is 0 Å². The SMILES string of the molecule is CC(C)(C)c1ccnc(C2CC2C(=O)O)n1. The maximum absolute atomic E-state index is 10.8. The van der Waals surface area contributed by atoms with Crippen LogP contribution in [-0.4, -0.2) is 21.0 Å². The van der Waals surface area contributed by atoms with Crippen molar-refractivity contribution in [3.05, 3.63) is 23.8 Å². The zero-order valence-corrected chi connectivity index (χ0v) is 9.77. The second-order valence-electron chi connectivity index (χ2n) is 5.34. The number of nitrogens with zero attached hydrogens (tertiary/aromatic N) is 2. The Balaban J connectivity index is 2.22. The molecule has 86 valence electrons. The van der Waals surface area contributed by atoms with E-state index in [1.165, 1.54) is 0 Å². The van der Waals surface area contributed by atoms with E-state index < -0.39 is 5.97 Å². The highest BCUT2D eigenvalue weighted by Crippen LogP contribution is 2.46. The van der Waals surface area contributed by atoms with Crippen molar-refractivity contribution in [3.63, 3.8) is 0 Å². The number of rotatable bonds is 2. The van der Waals surface area contributed by atoms with Crippen LogP contribution >= 0.6 is 0 Å². The number of aromatic nitrogens is 2. The fourth-order valence-corrected chi connectivity index (χ4v) is 1.72. The standard InChI is InChI=1S/C12H16N2O2/c1-12(2,3)9-4-5-13-10(14-9)7-6-8(7)11(15)16/h4-5,7-8H,6H2,1-3H3,(H,15,16). The van der Waals surface area contributed by atoms with Gasteiger partial charge in [-0.2, -0.15) is 0 Å². The van der Waals surface area contributed by atoms with E-state index in [-0.39, 0.29) is 17.3 Å². The molecule has 0 aromatic carbocycles. The van der Waals surface area contributed by atoms with Gasteiger partial charge in [0.2, 0.25) is 0 Å². The van der Waals surface area contributed by atoms with Crippen molar-refractivity contribution in [2.45, 2.75) is 38.5 Å². The predicted octanol–water partition coefficient (Wildman–Crippen LogP) is 1.96. The lowest BCUT2D eigenvalue weighted by Crippen LogP contribution is -2.15. The average Bonchev–Trinajstić information content (AvgIpc) is 2.96. The quantitative estimate of drug-likeness (QED) is 0.827. The molecule has 0 aliphatic heterocycles. The third-order valence-electron chi connectivity index (χ3n) is 2.88. The molecule has 2 rings (SSSR count). The van der Waals surface area contributed by atoms with Crippen molar-refractivity contribution in [3.8, 4) is 0 Å². The van der Waals surface area contributed by atoms with Gasteiger partial charge in [-0.1, -0.05) is 20.8 Å². The summed E-state index contributed by atoms with van der Waals surface area (Å²) in [5, 5.41) is 8.86. The fraction of sp³-hybridized carbons (Fsp3) is 0.583. The summed E-state index contributed by atoms with van der Waals surface area (Å²) >= 11 is 0. The van der Waals surface area contributed by atoms with Crippen LogP contribution in [0.4, 0.5) is 0 Å². The Morgan fingerprint density at radius 2 is 2.19 bits per heavy atom. The lowest BCUT2D eigenvalue weighted by atomic mass is 9.92. The molecule has 0 bridgehead atoms. The Morgan fingerprint density at radius 1 is 1.50 bits per heavy atom. The zero-order chi connectivity index (χ0) is 11.9. The second kappa shape index (κ2) is 3.54. The maximum atomic E-state index is 10.8. The molecule has 0 spiro atoms. The summed E-state index contributed by atoms with van der Waals surface area (Å²) in [6, 6.07) is 1.89. The average molecular weight is 220 g/mol. The van der Waals surface area contributed by atoms with Gasteiger partial charge in [0.05, 0.1) is 5.92 Å². The fourth-order valence-electron chi connectivity index (χ4n) is 1.72. The van der Waals surface area contributed by atoms with Crippen LogP contribution in [0.1, 0.15) is 44.6 Å². The van der Waals surface area contributed by atoms with Crippen LogP contribution < -0.4 is 0 Å². The third kappa shape index (κ3) is 2.05. The van der Waals surface area contributed by atoms with Gasteiger partial charge in [-0.05, 0) is 12.5 Å². The van der Waals surface area contributed by atoms with Crippen LogP contribution in [0.3, 0.4) is 0 Å². The Morgan fingerprint density at radius 3 is 2.69 bits per heavy atom. The molecular formula is C12H16N2O2. The normalized spacial score (nSPS) is 24.2. The van der Waals surface area contributed by atoms with Crippen LogP contribution in [0, 0.1) is 5.92 Å². The Bertz CT molecular complexity index is 423. The molecule has 2 unspecified atom stereocenters. The van der Waals surface area contributed by atoms with Gasteiger partial charge in [-0.3, -0.25) is 4.79 Å². The van der Waals surface area contributed by atoms with E-state index in [4.69, 9.17) is 5.11 Å². The van der Waals surface area contributed by atoms with Gasteiger partial charge in [0.1, 0.15) is 5.82 Å². The van der Waals surface area contributed by atoms with Crippen LogP contribution in [0.25, 0.3) is 0 Å². The van der Waals surface area contributed by atoms with Crippen molar-refractivity contribution >= 4 is 5.97 Å². The Kier molecular flexibility index (Phi) is 2.45. The number of carboxylic acid groups (broad SMARTS) is 1. The monoisotopic (exact) mass is 220 g/mol. The topological polar surface area (TPSA) is 63.1 Å². The zero-order valence-electron chi connectivity index (χ0n) is 9.77. The molecule has 1 aromatic rings. The van der Waals surface area contributed by atoms with Gasteiger partial charge in [0, 0.05) is 23.2 Å². The molecule has 1 fully saturated rings. The Labute approximate surface area is 94.7 Å². The summed E-state index contributed by atoms with van der Waals surface area (Å²) in [6.07, 6.45) is 2.39. The lowest BCUT2D eigenvalue weighted by molar-refractivity contribution is -0.138. The molecule has 1 saturated carbocycles. The van der Waals surface area contributed by atoms with Crippen molar-refractivity contribution in [1.82, 2.24) is 9.97 Å². The molecule has 2 atom stereocenters. The molecule has 1 N–H and O–H groups in total. The molecule has 0 radical (unpaired) electrons. The minimum absolute atomic E-state index is 0.0137. The Hall–Kier alpha value is -1.45. The van der Waals surface area contributed by atoms with Crippen LogP contribution in [0.5, 0.6) is 0 Å². The number of carboxylic acids is 1. The largest absolute Gasteiger partial charge is 0.481 e. The molecule has 16 heavy (non-hydrogen) atoms. The van der Waals surface area contributed by atoms with E-state index in [1.807, 2.05) is 6.07 Å². The van der Waals surface area contributed by atoms with Crippen molar-refractivity contribution in [2.75, 3.05) is 0 Å². The minimum atomic E-state index is -0.741. The van der Waals surface area contributed by atoms with Crippen LogP contribution in [-0.2, 0) is 10.2 Å². The summed E-state index contributed by atoms with van der Waals surface area (Å²) in [4.78, 5) is 19.4. The van der Waals surface area contributed by atoms with Gasteiger partial charge >= 0.3 is 5.97 Å². The molecule has 1 aliphatic rings. The summed E-state index contributed by atoms with van der Waals surface area (Å²) in [5.41, 5.74) is 0.944. The highest BCUT2D eigenvalue weighted by molar-refractivity contribution is 5.74. The predicted molar refractivity (Wildman–Crippen MR) is 59.2 cm³/mol. The van der Waals surface area contributed by atoms with Gasteiger partial charge < -0.3 is 5.11 Å². The van der Waals surface area contributed by atoms with Gasteiger partial charge in [-0.25, -0.2) is 9.97 Å². The smallest absolute Gasteiger partial charge is 0.307 e. The summed E-state index contributed by atoms with van der Waals surface area (Å²) in [7, 11) is 0. The first kappa shape index (κ1) is 11.0. The summed E-state index contributed by atoms with van der Waals surface area (Å²) < 4.78 is 0. The van der Waals surface area contributed by atoms with Crippen LogP contribution in [0.15, 0.2) is 12.3 Å². The van der Waals surface area contributed by atoms with Crippen molar-refractivity contribution in [1.29, 1.82) is 0 Å². The lowest BCUT2D eigenvalue weighted by Gasteiger charge is -2.17. The third-order valence-corrected chi connectivity index (χ3v) is 2.88. The summed E-state index contributed by atoms with van der Waals surface area (Å²) in [5.74, 6) is -0.329. The van der Waals surface area contributed by atoms with E-state index in [0.29, 0.717) is 12.2 Å². The van der Waals surface area contributed by atoms with Gasteiger partial charge in [0.15, 0.2) is 0 Å². The number of hydrogen-bond acceptors (Lipinski definition) is 3. The van der Waals surface area contributed by atoms with Crippen molar-refractivity contribution < 1.29 is 9.90 Å². The molecule has 1 aliphatic carbocycles. The van der Waals surface area contributed by atoms with Crippen molar-refractivity contribution in [2.24, 2.45) is 5.92 Å². The highest BCUT2D eigenvalue weighted by atomic mass is 16.4. The number of hydrogen-bond donors (Lipinski definition) is 1. The number of aliphatic carboxylic acids is 1. The minimum Gasteiger partial charge on any atom is -0.481 e. The maximum Gasteiger partial charge on any atom is 0.307 e. The first-order valence-electron chi connectivity index (χ1n) is 5.46. The molecule has 4 heteroatoms. The van der Waals surface area contributed by atoms with Crippen LogP contribution in [0.2, 0.25) is 0 Å². The first-order chi connectivity index (χ1) is 7.39. The van der Waals surface area contributed by atoms with E-state index in [9.17, 15) is 4.79 Å². The molecule has 0 saturated heterocycles. The van der Waals surface area contributed by atoms with E-state index in [0.717, 1.165) is 5.69 Å². The first-order valence-corrected chi connectivity index (χ1v) is 5.46. The van der Waals surface area contributed by atoms with E-state index in [1.54, 1.807) is 6.20 Å². The molecule has 4 nitrogen and oxygen atoms in total.